The number of amides is 1. The van der Waals surface area contributed by atoms with Crippen molar-refractivity contribution in [3.8, 4) is 0 Å². The number of carbonyl (C=O) groups excluding carboxylic acids is 1. The van der Waals surface area contributed by atoms with Gasteiger partial charge in [-0.25, -0.2) is 8.42 Å². The van der Waals surface area contributed by atoms with Crippen LogP contribution in [-0.2, 0) is 23.1 Å². The van der Waals surface area contributed by atoms with Gasteiger partial charge in [-0.15, -0.1) is 0 Å². The number of hydrogen-bond acceptors (Lipinski definition) is 4. The summed E-state index contributed by atoms with van der Waals surface area (Å²) in [4.78, 5) is 15.6. The molecular weight excluding hydrogens is 434 g/mol. The standard InChI is InChI=1S/C26H29N3O3S/c1-20-24(14-9-15-25(20)28-33(31,32)23-12-3-2-4-13-23)26(30)27-18-21-10-5-6-11-22(21)19-29-16-7-8-17-29/h2-6,9-15,28H,7-8,16-19H2,1H3,(H,27,30). The second-order valence-electron chi connectivity index (χ2n) is 8.33. The fourth-order valence-electron chi connectivity index (χ4n) is 4.13. The number of rotatable bonds is 8. The van der Waals surface area contributed by atoms with E-state index in [0.29, 0.717) is 23.4 Å². The van der Waals surface area contributed by atoms with Gasteiger partial charge in [-0.1, -0.05) is 48.5 Å². The Morgan fingerprint density at radius 2 is 1.55 bits per heavy atom. The maximum absolute atomic E-state index is 13.0. The summed E-state index contributed by atoms with van der Waals surface area (Å²) >= 11 is 0. The molecule has 7 heteroatoms. The van der Waals surface area contributed by atoms with Crippen molar-refractivity contribution < 1.29 is 13.2 Å². The summed E-state index contributed by atoms with van der Waals surface area (Å²) in [6, 6.07) is 21.4. The van der Waals surface area contributed by atoms with Gasteiger partial charge in [0.2, 0.25) is 0 Å². The molecule has 1 aliphatic rings. The highest BCUT2D eigenvalue weighted by Gasteiger charge is 2.18. The van der Waals surface area contributed by atoms with Crippen LogP contribution in [0.2, 0.25) is 0 Å². The van der Waals surface area contributed by atoms with Crippen molar-refractivity contribution in [1.82, 2.24) is 10.2 Å². The Morgan fingerprint density at radius 3 is 2.27 bits per heavy atom. The third kappa shape index (κ3) is 5.61. The molecule has 0 radical (unpaired) electrons. The van der Waals surface area contributed by atoms with Crippen molar-refractivity contribution in [3.63, 3.8) is 0 Å². The Morgan fingerprint density at radius 1 is 0.879 bits per heavy atom. The second kappa shape index (κ2) is 10.2. The Hall–Kier alpha value is -3.16. The fraction of sp³-hybridized carbons (Fsp3) is 0.269. The van der Waals surface area contributed by atoms with Gasteiger partial charge in [0.1, 0.15) is 0 Å². The molecule has 0 atom stereocenters. The molecule has 0 spiro atoms. The quantitative estimate of drug-likeness (QED) is 0.521. The summed E-state index contributed by atoms with van der Waals surface area (Å²) in [6.45, 7) is 5.29. The average molecular weight is 464 g/mol. The smallest absolute Gasteiger partial charge is 0.261 e. The van der Waals surface area contributed by atoms with E-state index in [2.05, 4.69) is 21.0 Å². The topological polar surface area (TPSA) is 78.5 Å². The van der Waals surface area contributed by atoms with Crippen LogP contribution in [0.15, 0.2) is 77.7 Å². The van der Waals surface area contributed by atoms with Crippen molar-refractivity contribution in [2.45, 2.75) is 37.8 Å². The van der Waals surface area contributed by atoms with Gasteiger partial charge in [0, 0.05) is 18.7 Å². The number of nitrogens with zero attached hydrogens (tertiary/aromatic N) is 1. The first-order valence-corrected chi connectivity index (χ1v) is 12.7. The van der Waals surface area contributed by atoms with Gasteiger partial charge in [-0.2, -0.15) is 0 Å². The van der Waals surface area contributed by atoms with Gasteiger partial charge in [0.05, 0.1) is 10.6 Å². The van der Waals surface area contributed by atoms with E-state index in [1.54, 1.807) is 43.3 Å². The van der Waals surface area contributed by atoms with E-state index in [-0.39, 0.29) is 10.8 Å². The van der Waals surface area contributed by atoms with Crippen LogP contribution in [0.25, 0.3) is 0 Å². The molecule has 0 bridgehead atoms. The van der Waals surface area contributed by atoms with Gasteiger partial charge >= 0.3 is 0 Å². The number of anilines is 1. The van der Waals surface area contributed by atoms with Crippen molar-refractivity contribution >= 4 is 21.6 Å². The van der Waals surface area contributed by atoms with E-state index in [1.165, 1.54) is 30.5 Å². The van der Waals surface area contributed by atoms with Crippen molar-refractivity contribution in [2.24, 2.45) is 0 Å². The van der Waals surface area contributed by atoms with Crippen LogP contribution in [0.3, 0.4) is 0 Å². The van der Waals surface area contributed by atoms with Gasteiger partial charge in [-0.3, -0.25) is 14.4 Å². The molecular formula is C26H29N3O3S. The molecule has 6 nitrogen and oxygen atoms in total. The highest BCUT2D eigenvalue weighted by atomic mass is 32.2. The third-order valence-electron chi connectivity index (χ3n) is 6.03. The highest BCUT2D eigenvalue weighted by molar-refractivity contribution is 7.92. The van der Waals surface area contributed by atoms with E-state index in [9.17, 15) is 13.2 Å². The lowest BCUT2D eigenvalue weighted by atomic mass is 10.0. The number of carbonyl (C=O) groups is 1. The van der Waals surface area contributed by atoms with E-state index in [4.69, 9.17) is 0 Å². The molecule has 3 aromatic carbocycles. The average Bonchev–Trinajstić information content (AvgIpc) is 3.33. The molecule has 33 heavy (non-hydrogen) atoms. The molecule has 1 fully saturated rings. The molecule has 1 aliphatic heterocycles. The van der Waals surface area contributed by atoms with E-state index >= 15 is 0 Å². The maximum Gasteiger partial charge on any atom is 0.261 e. The molecule has 1 amide bonds. The van der Waals surface area contributed by atoms with E-state index < -0.39 is 10.0 Å². The van der Waals surface area contributed by atoms with Crippen LogP contribution in [0.4, 0.5) is 5.69 Å². The zero-order chi connectivity index (χ0) is 23.3. The monoisotopic (exact) mass is 463 g/mol. The zero-order valence-corrected chi connectivity index (χ0v) is 19.6. The van der Waals surface area contributed by atoms with Crippen molar-refractivity contribution in [2.75, 3.05) is 17.8 Å². The number of sulfonamides is 1. The molecule has 1 saturated heterocycles. The third-order valence-corrected chi connectivity index (χ3v) is 7.41. The number of hydrogen-bond donors (Lipinski definition) is 2. The predicted molar refractivity (Wildman–Crippen MR) is 131 cm³/mol. The lowest BCUT2D eigenvalue weighted by molar-refractivity contribution is 0.0950. The van der Waals surface area contributed by atoms with E-state index in [1.807, 2.05) is 18.2 Å². The van der Waals surface area contributed by atoms with Crippen LogP contribution in [0.1, 0.15) is 39.9 Å². The Labute approximate surface area is 195 Å². The summed E-state index contributed by atoms with van der Waals surface area (Å²) in [5, 5.41) is 3.01. The van der Waals surface area contributed by atoms with Crippen molar-refractivity contribution in [3.05, 3.63) is 95.1 Å². The van der Waals surface area contributed by atoms with Crippen LogP contribution in [0.5, 0.6) is 0 Å². The minimum Gasteiger partial charge on any atom is -0.348 e. The highest BCUT2D eigenvalue weighted by Crippen LogP contribution is 2.23. The first-order chi connectivity index (χ1) is 15.9. The van der Waals surface area contributed by atoms with Gasteiger partial charge in [0.25, 0.3) is 15.9 Å². The minimum atomic E-state index is -3.74. The number of likely N-dealkylation sites (tertiary alicyclic amines) is 1. The molecule has 0 aromatic heterocycles. The summed E-state index contributed by atoms with van der Waals surface area (Å²) in [7, 11) is -3.74. The van der Waals surface area contributed by atoms with Crippen LogP contribution in [0, 0.1) is 6.92 Å². The van der Waals surface area contributed by atoms with Gasteiger partial charge < -0.3 is 5.32 Å². The zero-order valence-electron chi connectivity index (χ0n) is 18.8. The number of nitrogens with one attached hydrogen (secondary N) is 2. The molecule has 2 N–H and O–H groups in total. The van der Waals surface area contributed by atoms with Crippen molar-refractivity contribution in [1.29, 1.82) is 0 Å². The molecule has 0 saturated carbocycles. The SMILES string of the molecule is Cc1c(NS(=O)(=O)c2ccccc2)cccc1C(=O)NCc1ccccc1CN1CCCC1. The lowest BCUT2D eigenvalue weighted by Gasteiger charge is -2.18. The first-order valence-electron chi connectivity index (χ1n) is 11.2. The Bertz CT molecular complexity index is 1220. The molecule has 1 heterocycles. The van der Waals surface area contributed by atoms with Crippen LogP contribution in [-0.4, -0.2) is 32.3 Å². The summed E-state index contributed by atoms with van der Waals surface area (Å²) in [5.74, 6) is -0.232. The first kappa shape index (κ1) is 23.0. The summed E-state index contributed by atoms with van der Waals surface area (Å²) < 4.78 is 28.0. The van der Waals surface area contributed by atoms with E-state index in [0.717, 1.165) is 25.2 Å². The molecule has 172 valence electrons. The fourth-order valence-corrected chi connectivity index (χ4v) is 5.28. The summed E-state index contributed by atoms with van der Waals surface area (Å²) in [5.41, 5.74) is 3.73. The maximum atomic E-state index is 13.0. The Balaban J connectivity index is 1.47. The normalized spacial score (nSPS) is 14.2. The van der Waals surface area contributed by atoms with Crippen LogP contribution >= 0.6 is 0 Å². The van der Waals surface area contributed by atoms with Gasteiger partial charge in [0.15, 0.2) is 0 Å². The second-order valence-corrected chi connectivity index (χ2v) is 10.0. The molecule has 3 aromatic rings. The largest absolute Gasteiger partial charge is 0.348 e. The summed E-state index contributed by atoms with van der Waals surface area (Å²) in [6.07, 6.45) is 2.48. The predicted octanol–water partition coefficient (Wildman–Crippen LogP) is 4.32. The molecule has 4 rings (SSSR count). The molecule has 0 aliphatic carbocycles. The lowest BCUT2D eigenvalue weighted by Crippen LogP contribution is -2.26. The molecule has 0 unspecified atom stereocenters. The number of benzene rings is 3. The van der Waals surface area contributed by atoms with Crippen LogP contribution < -0.4 is 10.0 Å². The Kier molecular flexibility index (Phi) is 7.11. The van der Waals surface area contributed by atoms with Gasteiger partial charge in [-0.05, 0) is 73.8 Å². The minimum absolute atomic E-state index is 0.175.